The van der Waals surface area contributed by atoms with E-state index in [0.717, 1.165) is 103 Å². The number of hydrogen-bond donors (Lipinski definition) is 2. The van der Waals surface area contributed by atoms with Gasteiger partial charge in [0.15, 0.2) is 0 Å². The number of nitrogens with one attached hydrogen (secondary N) is 1. The number of rotatable bonds is 11. The number of hydrogen-bond acceptors (Lipinski definition) is 6. The van der Waals surface area contributed by atoms with Crippen LogP contribution >= 0.6 is 0 Å². The van der Waals surface area contributed by atoms with Gasteiger partial charge in [-0.2, -0.15) is 0 Å². The van der Waals surface area contributed by atoms with Crippen molar-refractivity contribution < 1.29 is 23.9 Å². The zero-order chi connectivity index (χ0) is 34.4. The molecule has 266 valence electrons. The molecular weight excluding hydrogens is 588 g/mol. The van der Waals surface area contributed by atoms with Crippen molar-refractivity contribution in [1.29, 1.82) is 0 Å². The highest BCUT2D eigenvalue weighted by Crippen LogP contribution is 2.77. The summed E-state index contributed by atoms with van der Waals surface area (Å²) in [5, 5.41) is 3.44. The predicted octanol–water partition coefficient (Wildman–Crippen LogP) is 7.75. The van der Waals surface area contributed by atoms with Crippen molar-refractivity contribution in [3.8, 4) is 0 Å². The van der Waals surface area contributed by atoms with Gasteiger partial charge in [0.25, 0.3) is 0 Å². The number of nitrogens with two attached hydrogens (primary N) is 1. The minimum absolute atomic E-state index is 0.0474. The molecule has 0 heterocycles. The van der Waals surface area contributed by atoms with Crippen molar-refractivity contribution >= 4 is 17.8 Å². The Morgan fingerprint density at radius 2 is 1.51 bits per heavy atom. The Morgan fingerprint density at radius 3 is 2.17 bits per heavy atom. The molecule has 5 aliphatic carbocycles. The van der Waals surface area contributed by atoms with Gasteiger partial charge in [-0.15, -0.1) is 0 Å². The smallest absolute Gasteiger partial charge is 0.302 e. The second kappa shape index (κ2) is 13.4. The highest BCUT2D eigenvalue weighted by atomic mass is 16.6. The van der Waals surface area contributed by atoms with Gasteiger partial charge in [-0.1, -0.05) is 52.7 Å². The van der Waals surface area contributed by atoms with Crippen molar-refractivity contribution in [3.05, 3.63) is 12.2 Å². The molecule has 0 bridgehead atoms. The molecule has 4 unspecified atom stereocenters. The number of fused-ring (bicyclic) bond motifs is 7. The molecule has 0 radical (unpaired) electrons. The number of amides is 1. The predicted molar refractivity (Wildman–Crippen MR) is 186 cm³/mol. The van der Waals surface area contributed by atoms with Crippen molar-refractivity contribution in [1.82, 2.24) is 5.32 Å². The highest BCUT2D eigenvalue weighted by Gasteiger charge is 2.72. The lowest BCUT2D eigenvalue weighted by atomic mass is 9.32. The molecule has 5 aliphatic rings. The topological polar surface area (TPSA) is 108 Å². The van der Waals surface area contributed by atoms with E-state index in [1.165, 1.54) is 19.4 Å². The monoisotopic (exact) mass is 654 g/mol. The normalized spacial score (nSPS) is 43.8. The molecule has 47 heavy (non-hydrogen) atoms. The second-order valence-electron chi connectivity index (χ2n) is 17.7. The first kappa shape index (κ1) is 36.4. The fourth-order valence-corrected chi connectivity index (χ4v) is 13.2. The van der Waals surface area contributed by atoms with Gasteiger partial charge in [0.1, 0.15) is 12.7 Å². The van der Waals surface area contributed by atoms with Crippen LogP contribution in [0.4, 0.5) is 0 Å². The van der Waals surface area contributed by atoms with Crippen LogP contribution in [0, 0.1) is 56.7 Å². The third-order valence-corrected chi connectivity index (χ3v) is 15.6. The molecule has 7 nitrogen and oxygen atoms in total. The molecule has 7 heteroatoms. The SMILES string of the molecule is C=C(C)[C@@H]1CC[C@]2(C(=O)NCCCCCCN)CC[C@]3(C)C(CCC4[C@@]5(C)CC[C@H](OC(C)=O)[C@@](C)(COC(C)=O)C5CC[C@]43C)C12. The molecule has 3 N–H and O–H groups in total. The van der Waals surface area contributed by atoms with Crippen LogP contribution in [-0.4, -0.2) is 43.6 Å². The Kier molecular flexibility index (Phi) is 10.4. The summed E-state index contributed by atoms with van der Waals surface area (Å²) < 4.78 is 11.7. The summed E-state index contributed by atoms with van der Waals surface area (Å²) in [7, 11) is 0. The van der Waals surface area contributed by atoms with Crippen LogP contribution in [0.2, 0.25) is 0 Å². The summed E-state index contributed by atoms with van der Waals surface area (Å²) in [5.41, 5.74) is 6.52. The molecule has 0 saturated heterocycles. The highest BCUT2D eigenvalue weighted by molar-refractivity contribution is 5.84. The average Bonchev–Trinajstić information content (AvgIpc) is 3.41. The third-order valence-electron chi connectivity index (χ3n) is 15.6. The molecule has 11 atom stereocenters. The van der Waals surface area contributed by atoms with Crippen LogP contribution < -0.4 is 11.1 Å². The third kappa shape index (κ3) is 5.90. The molecule has 0 aromatic heterocycles. The second-order valence-corrected chi connectivity index (χ2v) is 17.7. The summed E-state index contributed by atoms with van der Waals surface area (Å²) in [4.78, 5) is 38.6. The fraction of sp³-hybridized carbons (Fsp3) is 0.875. The van der Waals surface area contributed by atoms with E-state index >= 15 is 0 Å². The van der Waals surface area contributed by atoms with Gasteiger partial charge in [-0.25, -0.2) is 0 Å². The minimum Gasteiger partial charge on any atom is -0.465 e. The number of allylic oxidation sites excluding steroid dienone is 1. The maximum Gasteiger partial charge on any atom is 0.302 e. The molecule has 0 aliphatic heterocycles. The van der Waals surface area contributed by atoms with Crippen LogP contribution in [0.5, 0.6) is 0 Å². The van der Waals surface area contributed by atoms with E-state index in [1.54, 1.807) is 0 Å². The van der Waals surface area contributed by atoms with Gasteiger partial charge in [0.05, 0.1) is 5.41 Å². The first-order chi connectivity index (χ1) is 22.1. The van der Waals surface area contributed by atoms with Gasteiger partial charge in [-0.05, 0) is 136 Å². The molecule has 5 rings (SSSR count). The molecule has 5 saturated carbocycles. The fourth-order valence-electron chi connectivity index (χ4n) is 13.2. The van der Waals surface area contributed by atoms with Gasteiger partial charge in [0, 0.05) is 25.8 Å². The first-order valence-electron chi connectivity index (χ1n) is 19.0. The van der Waals surface area contributed by atoms with E-state index in [1.807, 2.05) is 0 Å². The van der Waals surface area contributed by atoms with Gasteiger partial charge in [-0.3, -0.25) is 14.4 Å². The number of carbonyl (C=O) groups excluding carboxylic acids is 3. The van der Waals surface area contributed by atoms with E-state index < -0.39 is 5.41 Å². The zero-order valence-electron chi connectivity index (χ0n) is 30.8. The van der Waals surface area contributed by atoms with E-state index in [9.17, 15) is 14.4 Å². The molecule has 1 amide bonds. The van der Waals surface area contributed by atoms with Gasteiger partial charge < -0.3 is 20.5 Å². The van der Waals surface area contributed by atoms with Crippen LogP contribution in [0.25, 0.3) is 0 Å². The summed E-state index contributed by atoms with van der Waals surface area (Å²) in [6, 6.07) is 0. The zero-order valence-corrected chi connectivity index (χ0v) is 30.8. The standard InChI is InChI=1S/C40H66N2O5/c1-26(2)29-15-20-40(35(45)42-24-12-10-9-11-23-41)22-21-38(7)30(34(29)40)13-14-32-36(5)18-17-33(47-28(4)44)37(6,25-46-27(3)43)31(36)16-19-39(32,38)8/h29-34H,1,9-25,41H2,2-8H3,(H,42,45)/t29-,30?,31?,32?,33-,34?,36-,37-,38+,39+,40-/m0/s1. The number of esters is 2. The summed E-state index contributed by atoms with van der Waals surface area (Å²) in [6.45, 7) is 21.4. The molecule has 0 aromatic rings. The lowest BCUT2D eigenvalue weighted by Gasteiger charge is -2.73. The largest absolute Gasteiger partial charge is 0.465 e. The minimum atomic E-state index is -0.427. The van der Waals surface area contributed by atoms with Crippen LogP contribution in [0.3, 0.4) is 0 Å². The van der Waals surface area contributed by atoms with E-state index in [2.05, 4.69) is 46.5 Å². The molecule has 5 fully saturated rings. The molecule has 0 spiro atoms. The van der Waals surface area contributed by atoms with Crippen molar-refractivity contribution in [2.45, 2.75) is 144 Å². The Hall–Kier alpha value is -1.89. The summed E-state index contributed by atoms with van der Waals surface area (Å²) in [6.07, 6.45) is 14.4. The van der Waals surface area contributed by atoms with Gasteiger partial charge in [0.2, 0.25) is 5.91 Å². The Labute approximate surface area is 285 Å². The Bertz CT molecular complexity index is 1220. The molecular formula is C40H66N2O5. The van der Waals surface area contributed by atoms with Crippen molar-refractivity contribution in [2.24, 2.45) is 62.4 Å². The van der Waals surface area contributed by atoms with Gasteiger partial charge >= 0.3 is 11.9 Å². The Balaban J connectivity index is 1.44. The molecule has 0 aromatic carbocycles. The van der Waals surface area contributed by atoms with E-state index in [4.69, 9.17) is 15.2 Å². The van der Waals surface area contributed by atoms with E-state index in [0.29, 0.717) is 35.5 Å². The quantitative estimate of drug-likeness (QED) is 0.134. The van der Waals surface area contributed by atoms with E-state index in [-0.39, 0.29) is 46.3 Å². The summed E-state index contributed by atoms with van der Waals surface area (Å²) >= 11 is 0. The number of ether oxygens (including phenoxy) is 2. The lowest BCUT2D eigenvalue weighted by Crippen LogP contribution is -2.68. The Morgan fingerprint density at radius 1 is 0.787 bits per heavy atom. The van der Waals surface area contributed by atoms with Crippen LogP contribution in [0.15, 0.2) is 12.2 Å². The lowest BCUT2D eigenvalue weighted by molar-refractivity contribution is -0.256. The number of unbranched alkanes of at least 4 members (excludes halogenated alkanes) is 3. The van der Waals surface area contributed by atoms with Crippen molar-refractivity contribution in [3.63, 3.8) is 0 Å². The maximum absolute atomic E-state index is 14.3. The maximum atomic E-state index is 14.3. The van der Waals surface area contributed by atoms with Crippen LogP contribution in [0.1, 0.15) is 138 Å². The van der Waals surface area contributed by atoms with Crippen molar-refractivity contribution in [2.75, 3.05) is 19.7 Å². The van der Waals surface area contributed by atoms with Crippen LogP contribution in [-0.2, 0) is 23.9 Å². The number of carbonyl (C=O) groups is 3. The first-order valence-corrected chi connectivity index (χ1v) is 19.0. The average molecular weight is 655 g/mol. The summed E-state index contributed by atoms with van der Waals surface area (Å²) in [5.74, 6) is 1.80.